The molecule has 3 rings (SSSR count). The molecule has 3 nitrogen and oxygen atoms in total. The quantitative estimate of drug-likeness (QED) is 0.921. The highest BCUT2D eigenvalue weighted by Crippen LogP contribution is 2.31. The minimum Gasteiger partial charge on any atom is -0.497 e. The maximum atomic E-state index is 5.92. The Labute approximate surface area is 127 Å². The number of ether oxygens (including phenoxy) is 2. The van der Waals surface area contributed by atoms with Crippen molar-refractivity contribution in [3.63, 3.8) is 0 Å². The van der Waals surface area contributed by atoms with Gasteiger partial charge in [0.2, 0.25) is 0 Å². The molecule has 0 fully saturated rings. The van der Waals surface area contributed by atoms with E-state index in [0.29, 0.717) is 0 Å². The Balaban J connectivity index is 1.58. The minimum absolute atomic E-state index is 0.182. The third-order valence-electron chi connectivity index (χ3n) is 3.39. The number of anilines is 1. The van der Waals surface area contributed by atoms with Crippen molar-refractivity contribution in [2.75, 3.05) is 19.0 Å². The van der Waals surface area contributed by atoms with E-state index >= 15 is 0 Å². The highest BCUT2D eigenvalue weighted by molar-refractivity contribution is 9.10. The highest BCUT2D eigenvalue weighted by Gasteiger charge is 2.22. The number of benzene rings is 2. The van der Waals surface area contributed by atoms with Gasteiger partial charge in [0.05, 0.1) is 13.7 Å². The third-order valence-corrected chi connectivity index (χ3v) is 3.88. The van der Waals surface area contributed by atoms with Gasteiger partial charge in [-0.25, -0.2) is 0 Å². The first-order chi connectivity index (χ1) is 9.74. The topological polar surface area (TPSA) is 30.5 Å². The normalized spacial score (nSPS) is 16.4. The zero-order valence-corrected chi connectivity index (χ0v) is 12.8. The van der Waals surface area contributed by atoms with E-state index in [1.807, 2.05) is 36.4 Å². The fourth-order valence-corrected chi connectivity index (χ4v) is 2.75. The molecule has 2 aromatic rings. The Hall–Kier alpha value is -1.68. The number of fused-ring (bicyclic) bond motifs is 1. The summed E-state index contributed by atoms with van der Waals surface area (Å²) in [7, 11) is 1.67. The van der Waals surface area contributed by atoms with Crippen LogP contribution in [0.15, 0.2) is 46.9 Å². The second-order valence-corrected chi connectivity index (χ2v) is 5.72. The van der Waals surface area contributed by atoms with Gasteiger partial charge in [-0.15, -0.1) is 0 Å². The first-order valence-corrected chi connectivity index (χ1v) is 7.37. The number of nitrogens with one attached hydrogen (secondary N) is 1. The van der Waals surface area contributed by atoms with Gasteiger partial charge < -0.3 is 14.8 Å². The molecule has 0 bridgehead atoms. The van der Waals surface area contributed by atoms with Crippen molar-refractivity contribution < 1.29 is 9.47 Å². The standard InChI is InChI=1S/C16H16BrNO2/c1-19-14-5-3-13(4-6-14)18-10-15-9-11-8-12(17)2-7-16(11)20-15/h2-8,15,18H,9-10H2,1H3. The summed E-state index contributed by atoms with van der Waals surface area (Å²) in [5.41, 5.74) is 2.34. The van der Waals surface area contributed by atoms with Crippen molar-refractivity contribution in [3.8, 4) is 11.5 Å². The van der Waals surface area contributed by atoms with Crippen LogP contribution in [0.3, 0.4) is 0 Å². The molecule has 0 spiro atoms. The van der Waals surface area contributed by atoms with Gasteiger partial charge in [-0.3, -0.25) is 0 Å². The number of hydrogen-bond acceptors (Lipinski definition) is 3. The average Bonchev–Trinajstić information content (AvgIpc) is 2.87. The lowest BCUT2D eigenvalue weighted by Crippen LogP contribution is -2.23. The van der Waals surface area contributed by atoms with Gasteiger partial charge in [-0.1, -0.05) is 15.9 Å². The predicted octanol–water partition coefficient (Wildman–Crippen LogP) is 3.87. The summed E-state index contributed by atoms with van der Waals surface area (Å²) in [6.07, 6.45) is 1.12. The maximum absolute atomic E-state index is 5.92. The average molecular weight is 334 g/mol. The number of methoxy groups -OCH3 is 1. The van der Waals surface area contributed by atoms with Crippen molar-refractivity contribution in [1.82, 2.24) is 0 Å². The van der Waals surface area contributed by atoms with Crippen LogP contribution in [0.4, 0.5) is 5.69 Å². The van der Waals surface area contributed by atoms with Gasteiger partial charge in [0.15, 0.2) is 0 Å². The molecule has 0 aromatic heterocycles. The predicted molar refractivity (Wildman–Crippen MR) is 83.7 cm³/mol. The second-order valence-electron chi connectivity index (χ2n) is 4.81. The lowest BCUT2D eigenvalue weighted by Gasteiger charge is -2.13. The summed E-state index contributed by atoms with van der Waals surface area (Å²) in [6.45, 7) is 0.790. The molecule has 20 heavy (non-hydrogen) atoms. The number of hydrogen-bond donors (Lipinski definition) is 1. The molecule has 0 saturated heterocycles. The molecule has 0 saturated carbocycles. The molecule has 1 aliphatic heterocycles. The van der Waals surface area contributed by atoms with E-state index in [0.717, 1.165) is 34.6 Å². The summed E-state index contributed by atoms with van der Waals surface area (Å²) in [5.74, 6) is 1.86. The van der Waals surface area contributed by atoms with Crippen molar-refractivity contribution in [3.05, 3.63) is 52.5 Å². The van der Waals surface area contributed by atoms with E-state index in [4.69, 9.17) is 9.47 Å². The molecular weight excluding hydrogens is 318 g/mol. The molecule has 0 aliphatic carbocycles. The zero-order valence-electron chi connectivity index (χ0n) is 11.2. The molecule has 1 N–H and O–H groups in total. The van der Waals surface area contributed by atoms with Crippen LogP contribution < -0.4 is 14.8 Å². The molecule has 0 radical (unpaired) electrons. The maximum Gasteiger partial charge on any atom is 0.123 e. The molecule has 1 unspecified atom stereocenters. The van der Waals surface area contributed by atoms with Gasteiger partial charge in [0, 0.05) is 16.6 Å². The zero-order chi connectivity index (χ0) is 13.9. The SMILES string of the molecule is COc1ccc(NCC2Cc3cc(Br)ccc3O2)cc1. The number of rotatable bonds is 4. The Kier molecular flexibility index (Phi) is 3.83. The second kappa shape index (κ2) is 5.75. The highest BCUT2D eigenvalue weighted by atomic mass is 79.9. The molecule has 4 heteroatoms. The minimum atomic E-state index is 0.182. The van der Waals surface area contributed by atoms with Gasteiger partial charge in [-0.2, -0.15) is 0 Å². The van der Waals surface area contributed by atoms with E-state index in [1.165, 1.54) is 5.56 Å². The molecule has 2 aromatic carbocycles. The summed E-state index contributed by atoms with van der Waals surface area (Å²) < 4.78 is 12.2. The van der Waals surface area contributed by atoms with E-state index in [2.05, 4.69) is 27.3 Å². The van der Waals surface area contributed by atoms with Gasteiger partial charge >= 0.3 is 0 Å². The van der Waals surface area contributed by atoms with Crippen molar-refractivity contribution in [2.24, 2.45) is 0 Å². The summed E-state index contributed by atoms with van der Waals surface area (Å²) in [5, 5.41) is 3.40. The molecule has 0 amide bonds. The van der Waals surface area contributed by atoms with E-state index in [1.54, 1.807) is 7.11 Å². The molecular formula is C16H16BrNO2. The van der Waals surface area contributed by atoms with Gasteiger partial charge in [0.25, 0.3) is 0 Å². The summed E-state index contributed by atoms with van der Waals surface area (Å²) in [4.78, 5) is 0. The van der Waals surface area contributed by atoms with Crippen LogP contribution in [0.25, 0.3) is 0 Å². The molecule has 1 aliphatic rings. The molecule has 1 heterocycles. The Morgan fingerprint density at radius 2 is 2.05 bits per heavy atom. The summed E-state index contributed by atoms with van der Waals surface area (Å²) in [6, 6.07) is 14.1. The smallest absolute Gasteiger partial charge is 0.123 e. The molecule has 104 valence electrons. The van der Waals surface area contributed by atoms with Crippen LogP contribution >= 0.6 is 15.9 Å². The van der Waals surface area contributed by atoms with Gasteiger partial charge in [0.1, 0.15) is 17.6 Å². The molecule has 1 atom stereocenters. The van der Waals surface area contributed by atoms with E-state index in [9.17, 15) is 0 Å². The van der Waals surface area contributed by atoms with Crippen LogP contribution in [0, 0.1) is 0 Å². The van der Waals surface area contributed by atoms with Crippen LogP contribution in [-0.4, -0.2) is 19.8 Å². The lowest BCUT2D eigenvalue weighted by atomic mass is 10.1. The summed E-state index contributed by atoms with van der Waals surface area (Å²) >= 11 is 3.49. The first-order valence-electron chi connectivity index (χ1n) is 6.57. The van der Waals surface area contributed by atoms with Crippen LogP contribution in [0.5, 0.6) is 11.5 Å². The Morgan fingerprint density at radius 1 is 1.25 bits per heavy atom. The Morgan fingerprint density at radius 3 is 2.80 bits per heavy atom. The van der Waals surface area contributed by atoms with Crippen molar-refractivity contribution in [1.29, 1.82) is 0 Å². The van der Waals surface area contributed by atoms with E-state index < -0.39 is 0 Å². The van der Waals surface area contributed by atoms with Gasteiger partial charge in [-0.05, 0) is 48.0 Å². The fraction of sp³-hybridized carbons (Fsp3) is 0.250. The first kappa shape index (κ1) is 13.3. The van der Waals surface area contributed by atoms with Crippen LogP contribution in [0.2, 0.25) is 0 Å². The number of halogens is 1. The Bertz CT molecular complexity index is 598. The largest absolute Gasteiger partial charge is 0.497 e. The van der Waals surface area contributed by atoms with Crippen LogP contribution in [0.1, 0.15) is 5.56 Å². The fourth-order valence-electron chi connectivity index (χ4n) is 2.34. The monoisotopic (exact) mass is 333 g/mol. The van der Waals surface area contributed by atoms with Crippen LogP contribution in [-0.2, 0) is 6.42 Å². The van der Waals surface area contributed by atoms with E-state index in [-0.39, 0.29) is 6.10 Å². The van der Waals surface area contributed by atoms with Crippen molar-refractivity contribution >= 4 is 21.6 Å². The lowest BCUT2D eigenvalue weighted by molar-refractivity contribution is 0.246. The third kappa shape index (κ3) is 2.90. The van der Waals surface area contributed by atoms with Crippen molar-refractivity contribution in [2.45, 2.75) is 12.5 Å².